The van der Waals surface area contributed by atoms with Gasteiger partial charge in [-0.25, -0.2) is 0 Å². The van der Waals surface area contributed by atoms with Crippen molar-refractivity contribution < 1.29 is 4.74 Å². The lowest BCUT2D eigenvalue weighted by atomic mass is 10.1. The van der Waals surface area contributed by atoms with Crippen LogP contribution >= 0.6 is 0 Å². The predicted molar refractivity (Wildman–Crippen MR) is 113 cm³/mol. The first kappa shape index (κ1) is 17.1. The van der Waals surface area contributed by atoms with Crippen molar-refractivity contribution in [3.8, 4) is 17.0 Å². The molecule has 4 aromatic rings. The highest BCUT2D eigenvalue weighted by Gasteiger charge is 2.21. The maximum Gasteiger partial charge on any atom is 0.257 e. The van der Waals surface area contributed by atoms with E-state index in [1.54, 1.807) is 0 Å². The predicted octanol–water partition coefficient (Wildman–Crippen LogP) is 4.15. The number of likely N-dealkylation sites (tertiary alicyclic amines) is 1. The van der Waals surface area contributed by atoms with E-state index < -0.39 is 0 Å². The second-order valence-corrected chi connectivity index (χ2v) is 7.62. The van der Waals surface area contributed by atoms with E-state index in [0.29, 0.717) is 18.2 Å². The zero-order valence-electron chi connectivity index (χ0n) is 15.9. The van der Waals surface area contributed by atoms with Crippen LogP contribution in [0.25, 0.3) is 33.1 Å². The van der Waals surface area contributed by atoms with E-state index in [1.165, 1.54) is 12.8 Å². The number of likely N-dealkylation sites (N-methyl/N-ethyl adjacent to an activating group) is 1. The number of H-pyrrole nitrogens is 2. The molecule has 0 aliphatic carbocycles. The van der Waals surface area contributed by atoms with E-state index in [4.69, 9.17) is 4.74 Å². The first-order valence-corrected chi connectivity index (χ1v) is 9.76. The van der Waals surface area contributed by atoms with Gasteiger partial charge < -0.3 is 19.6 Å². The van der Waals surface area contributed by atoms with Crippen molar-refractivity contribution in [3.63, 3.8) is 0 Å². The van der Waals surface area contributed by atoms with Crippen LogP contribution in [0.1, 0.15) is 12.8 Å². The van der Waals surface area contributed by atoms with E-state index in [-0.39, 0.29) is 5.56 Å². The molecule has 28 heavy (non-hydrogen) atoms. The Morgan fingerprint density at radius 3 is 2.75 bits per heavy atom. The minimum atomic E-state index is -0.0917. The van der Waals surface area contributed by atoms with Gasteiger partial charge in [0, 0.05) is 22.5 Å². The summed E-state index contributed by atoms with van der Waals surface area (Å²) in [5, 5.41) is 2.06. The number of rotatable bonds is 4. The number of ether oxygens (including phenoxy) is 1. The van der Waals surface area contributed by atoms with Crippen LogP contribution in [0.5, 0.6) is 5.75 Å². The van der Waals surface area contributed by atoms with Crippen molar-refractivity contribution in [2.24, 2.45) is 0 Å². The van der Waals surface area contributed by atoms with Gasteiger partial charge in [0.25, 0.3) is 5.56 Å². The zero-order chi connectivity index (χ0) is 19.1. The molecule has 2 aromatic carbocycles. The van der Waals surface area contributed by atoms with E-state index in [0.717, 1.165) is 39.8 Å². The van der Waals surface area contributed by atoms with Gasteiger partial charge in [0.2, 0.25) is 0 Å². The topological polar surface area (TPSA) is 61.1 Å². The molecule has 1 aliphatic rings. The van der Waals surface area contributed by atoms with E-state index in [1.807, 2.05) is 54.6 Å². The molecule has 0 saturated carbocycles. The van der Waals surface area contributed by atoms with Crippen LogP contribution < -0.4 is 10.3 Å². The number of hydrogen-bond donors (Lipinski definition) is 2. The third kappa shape index (κ3) is 3.08. The minimum Gasteiger partial charge on any atom is -0.492 e. The summed E-state index contributed by atoms with van der Waals surface area (Å²) in [4.78, 5) is 21.2. The van der Waals surface area contributed by atoms with Gasteiger partial charge in [-0.1, -0.05) is 18.2 Å². The second kappa shape index (κ2) is 6.84. The summed E-state index contributed by atoms with van der Waals surface area (Å²) in [5.74, 6) is 0.866. The summed E-state index contributed by atoms with van der Waals surface area (Å²) < 4.78 is 6.04. The smallest absolute Gasteiger partial charge is 0.257 e. The molecular formula is C23H23N3O2. The Morgan fingerprint density at radius 2 is 1.89 bits per heavy atom. The first-order valence-electron chi connectivity index (χ1n) is 9.76. The van der Waals surface area contributed by atoms with Crippen molar-refractivity contribution in [2.45, 2.75) is 18.9 Å². The molecule has 0 amide bonds. The number of pyridine rings is 1. The van der Waals surface area contributed by atoms with Gasteiger partial charge in [0.1, 0.15) is 12.4 Å². The third-order valence-electron chi connectivity index (χ3n) is 5.75. The molecule has 2 aromatic heterocycles. The molecular weight excluding hydrogens is 350 g/mol. The highest BCUT2D eigenvalue weighted by Crippen LogP contribution is 2.27. The lowest BCUT2D eigenvalue weighted by molar-refractivity contribution is 0.198. The largest absolute Gasteiger partial charge is 0.492 e. The number of fused-ring (bicyclic) bond motifs is 2. The van der Waals surface area contributed by atoms with Gasteiger partial charge in [-0.2, -0.15) is 0 Å². The molecule has 1 atom stereocenters. The van der Waals surface area contributed by atoms with E-state index in [9.17, 15) is 4.79 Å². The normalized spacial score (nSPS) is 17.5. The van der Waals surface area contributed by atoms with Crippen molar-refractivity contribution >= 4 is 21.8 Å². The summed E-state index contributed by atoms with van der Waals surface area (Å²) in [7, 11) is 2.16. The maximum absolute atomic E-state index is 12.6. The Balaban J connectivity index is 1.45. The Kier molecular flexibility index (Phi) is 4.17. The molecule has 2 N–H and O–H groups in total. The average molecular weight is 373 g/mol. The highest BCUT2D eigenvalue weighted by atomic mass is 16.5. The number of nitrogens with one attached hydrogen (secondary N) is 2. The van der Waals surface area contributed by atoms with Crippen LogP contribution in [0, 0.1) is 0 Å². The molecule has 1 saturated heterocycles. The fraction of sp³-hybridized carbons (Fsp3) is 0.261. The van der Waals surface area contributed by atoms with Gasteiger partial charge in [-0.05, 0) is 68.2 Å². The van der Waals surface area contributed by atoms with Crippen molar-refractivity contribution in [3.05, 3.63) is 65.0 Å². The summed E-state index contributed by atoms with van der Waals surface area (Å²) in [6.45, 7) is 1.86. The number of nitrogens with zero attached hydrogens (tertiary/aromatic N) is 1. The fourth-order valence-corrected chi connectivity index (χ4v) is 4.08. The standard InChI is InChI=1S/C23H23N3O2/c1-26-10-4-6-17(26)14-28-18-8-9-21-16(11-18)13-22(24-21)19-12-15-5-2-3-7-20(15)25-23(19)27/h2-3,5,7-9,11-13,17,24H,4,6,10,14H2,1H3,(H,25,27)/t17-/m0/s1. The van der Waals surface area contributed by atoms with Gasteiger partial charge in [-0.15, -0.1) is 0 Å². The van der Waals surface area contributed by atoms with E-state index >= 15 is 0 Å². The number of aromatic amines is 2. The SMILES string of the molecule is CN1CCC[C@H]1COc1ccc2[nH]c(-c3cc4ccccc4[nH]c3=O)cc2c1. The van der Waals surface area contributed by atoms with Crippen LogP contribution in [0.15, 0.2) is 59.4 Å². The third-order valence-corrected chi connectivity index (χ3v) is 5.75. The van der Waals surface area contributed by atoms with Crippen molar-refractivity contribution in [2.75, 3.05) is 20.2 Å². The summed E-state index contributed by atoms with van der Waals surface area (Å²) >= 11 is 0. The first-order chi connectivity index (χ1) is 13.7. The molecule has 5 heteroatoms. The Morgan fingerprint density at radius 1 is 1.04 bits per heavy atom. The van der Waals surface area contributed by atoms with Gasteiger partial charge in [0.05, 0.1) is 11.3 Å². The number of para-hydroxylation sites is 1. The Hall–Kier alpha value is -3.05. The summed E-state index contributed by atoms with van der Waals surface area (Å²) in [6.07, 6.45) is 2.43. The van der Waals surface area contributed by atoms with Gasteiger partial charge >= 0.3 is 0 Å². The maximum atomic E-state index is 12.6. The molecule has 142 valence electrons. The van der Waals surface area contributed by atoms with Crippen LogP contribution in [0.2, 0.25) is 0 Å². The molecule has 0 bridgehead atoms. The fourth-order valence-electron chi connectivity index (χ4n) is 4.08. The summed E-state index contributed by atoms with van der Waals surface area (Å²) in [6, 6.07) is 18.3. The minimum absolute atomic E-state index is 0.0917. The molecule has 0 spiro atoms. The van der Waals surface area contributed by atoms with Crippen LogP contribution in [0.3, 0.4) is 0 Å². The number of hydrogen-bond acceptors (Lipinski definition) is 3. The highest BCUT2D eigenvalue weighted by molar-refractivity contribution is 5.89. The molecule has 1 aliphatic heterocycles. The average Bonchev–Trinajstić information content (AvgIpc) is 3.31. The molecule has 5 rings (SSSR count). The van der Waals surface area contributed by atoms with Crippen LogP contribution in [0.4, 0.5) is 0 Å². The Bertz CT molecular complexity index is 1210. The lowest BCUT2D eigenvalue weighted by Crippen LogP contribution is -2.30. The van der Waals surface area contributed by atoms with Crippen molar-refractivity contribution in [1.82, 2.24) is 14.9 Å². The monoisotopic (exact) mass is 373 g/mol. The second-order valence-electron chi connectivity index (χ2n) is 7.62. The molecule has 0 unspecified atom stereocenters. The zero-order valence-corrected chi connectivity index (χ0v) is 15.9. The van der Waals surface area contributed by atoms with Crippen molar-refractivity contribution in [1.29, 1.82) is 0 Å². The quantitative estimate of drug-likeness (QED) is 0.565. The molecule has 0 radical (unpaired) electrons. The Labute approximate surface area is 162 Å². The van der Waals surface area contributed by atoms with Gasteiger partial charge in [-0.3, -0.25) is 4.79 Å². The lowest BCUT2D eigenvalue weighted by Gasteiger charge is -2.19. The van der Waals surface area contributed by atoms with E-state index in [2.05, 4.69) is 21.9 Å². The van der Waals surface area contributed by atoms with Crippen LogP contribution in [-0.2, 0) is 0 Å². The molecule has 5 nitrogen and oxygen atoms in total. The number of aromatic nitrogens is 2. The van der Waals surface area contributed by atoms with Crippen LogP contribution in [-0.4, -0.2) is 41.1 Å². The molecule has 3 heterocycles. The van der Waals surface area contributed by atoms with Gasteiger partial charge in [0.15, 0.2) is 0 Å². The number of benzene rings is 2. The summed E-state index contributed by atoms with van der Waals surface area (Å²) in [5.41, 5.74) is 3.21. The molecule has 1 fully saturated rings.